The van der Waals surface area contributed by atoms with Crippen molar-refractivity contribution in [2.24, 2.45) is 5.10 Å². The summed E-state index contributed by atoms with van der Waals surface area (Å²) in [5.74, 6) is 0.553. The zero-order valence-corrected chi connectivity index (χ0v) is 16.5. The van der Waals surface area contributed by atoms with Crippen LogP contribution in [0.2, 0.25) is 0 Å². The molecule has 2 aromatic carbocycles. The van der Waals surface area contributed by atoms with Gasteiger partial charge in [0.1, 0.15) is 11.5 Å². The monoisotopic (exact) mass is 379 g/mol. The number of amides is 2. The van der Waals surface area contributed by atoms with E-state index in [1.54, 1.807) is 19.1 Å². The molecule has 1 heterocycles. The second kappa shape index (κ2) is 8.69. The number of methoxy groups -OCH3 is 1. The number of nitrogens with zero attached hydrogens (tertiary/aromatic N) is 3. The molecule has 0 fully saturated rings. The number of hydrogen-bond acceptors (Lipinski definition) is 4. The third kappa shape index (κ3) is 4.39. The fourth-order valence-electron chi connectivity index (χ4n) is 3.12. The van der Waals surface area contributed by atoms with Crippen LogP contribution in [0.1, 0.15) is 36.9 Å². The average Bonchev–Trinajstić information content (AvgIpc) is 2.74. The van der Waals surface area contributed by atoms with Gasteiger partial charge in [-0.1, -0.05) is 42.5 Å². The van der Waals surface area contributed by atoms with E-state index in [0.29, 0.717) is 25.1 Å². The van der Waals surface area contributed by atoms with E-state index in [1.165, 1.54) is 5.01 Å². The van der Waals surface area contributed by atoms with Crippen molar-refractivity contribution in [3.8, 4) is 5.75 Å². The SMILES string of the molecule is COc1ccc(C(C)N(C)C(=O)C2=NN(Cc3ccccc3)C(=O)CC2)cc1. The molecule has 1 unspecified atom stereocenters. The summed E-state index contributed by atoms with van der Waals surface area (Å²) in [5, 5.41) is 5.77. The molecule has 1 aliphatic rings. The van der Waals surface area contributed by atoms with Crippen molar-refractivity contribution in [3.63, 3.8) is 0 Å². The van der Waals surface area contributed by atoms with Crippen LogP contribution in [0.3, 0.4) is 0 Å². The molecule has 2 amide bonds. The predicted molar refractivity (Wildman–Crippen MR) is 108 cm³/mol. The highest BCUT2D eigenvalue weighted by molar-refractivity contribution is 6.39. The molecular formula is C22H25N3O3. The van der Waals surface area contributed by atoms with E-state index in [0.717, 1.165) is 16.9 Å². The molecular weight excluding hydrogens is 354 g/mol. The van der Waals surface area contributed by atoms with Crippen molar-refractivity contribution >= 4 is 17.5 Å². The van der Waals surface area contributed by atoms with Crippen molar-refractivity contribution in [3.05, 3.63) is 65.7 Å². The van der Waals surface area contributed by atoms with Gasteiger partial charge in [-0.2, -0.15) is 5.10 Å². The van der Waals surface area contributed by atoms with Crippen LogP contribution in [-0.4, -0.2) is 41.6 Å². The molecule has 1 aliphatic heterocycles. The zero-order valence-electron chi connectivity index (χ0n) is 16.5. The minimum atomic E-state index is -0.158. The molecule has 0 aromatic heterocycles. The first-order valence-corrected chi connectivity index (χ1v) is 9.32. The Balaban J connectivity index is 1.73. The second-order valence-electron chi connectivity index (χ2n) is 6.85. The van der Waals surface area contributed by atoms with Gasteiger partial charge in [-0.05, 0) is 30.2 Å². The van der Waals surface area contributed by atoms with Crippen molar-refractivity contribution in [2.75, 3.05) is 14.2 Å². The number of ether oxygens (including phenoxy) is 1. The molecule has 0 saturated carbocycles. The Labute approximate surface area is 165 Å². The van der Waals surface area contributed by atoms with Crippen LogP contribution >= 0.6 is 0 Å². The highest BCUT2D eigenvalue weighted by Crippen LogP contribution is 2.23. The maximum atomic E-state index is 13.0. The van der Waals surface area contributed by atoms with Crippen LogP contribution < -0.4 is 4.74 Å². The summed E-state index contributed by atoms with van der Waals surface area (Å²) in [6, 6.07) is 17.2. The van der Waals surface area contributed by atoms with Crippen LogP contribution in [0.25, 0.3) is 0 Å². The van der Waals surface area contributed by atoms with Crippen LogP contribution in [-0.2, 0) is 16.1 Å². The highest BCUT2D eigenvalue weighted by Gasteiger charge is 2.28. The molecule has 6 nitrogen and oxygen atoms in total. The molecule has 2 aromatic rings. The van der Waals surface area contributed by atoms with Crippen molar-refractivity contribution in [1.29, 1.82) is 0 Å². The van der Waals surface area contributed by atoms with Gasteiger partial charge in [0.15, 0.2) is 0 Å². The topological polar surface area (TPSA) is 62.2 Å². The van der Waals surface area contributed by atoms with Crippen molar-refractivity contribution < 1.29 is 14.3 Å². The first kappa shape index (κ1) is 19.6. The first-order valence-electron chi connectivity index (χ1n) is 9.32. The quantitative estimate of drug-likeness (QED) is 0.773. The Morgan fingerprint density at radius 1 is 1.14 bits per heavy atom. The van der Waals surface area contributed by atoms with E-state index in [2.05, 4.69) is 5.10 Å². The van der Waals surface area contributed by atoms with Gasteiger partial charge in [-0.25, -0.2) is 5.01 Å². The third-order valence-electron chi connectivity index (χ3n) is 5.03. The Hall–Kier alpha value is -3.15. The Kier molecular flexibility index (Phi) is 6.09. The number of hydrazone groups is 1. The van der Waals surface area contributed by atoms with Crippen LogP contribution in [0.5, 0.6) is 5.75 Å². The highest BCUT2D eigenvalue weighted by atomic mass is 16.5. The summed E-state index contributed by atoms with van der Waals surface area (Å²) in [6.07, 6.45) is 0.658. The van der Waals surface area contributed by atoms with Gasteiger partial charge in [0, 0.05) is 19.9 Å². The minimum absolute atomic E-state index is 0.0636. The van der Waals surface area contributed by atoms with Crippen molar-refractivity contribution in [2.45, 2.75) is 32.4 Å². The van der Waals surface area contributed by atoms with Gasteiger partial charge in [0.25, 0.3) is 5.91 Å². The molecule has 0 saturated heterocycles. The van der Waals surface area contributed by atoms with E-state index in [-0.39, 0.29) is 17.9 Å². The summed E-state index contributed by atoms with van der Waals surface area (Å²) in [4.78, 5) is 26.9. The lowest BCUT2D eigenvalue weighted by molar-refractivity contribution is -0.132. The summed E-state index contributed by atoms with van der Waals surface area (Å²) >= 11 is 0. The lowest BCUT2D eigenvalue weighted by Crippen LogP contribution is -2.40. The van der Waals surface area contributed by atoms with Gasteiger partial charge in [-0.15, -0.1) is 0 Å². The Morgan fingerprint density at radius 3 is 2.46 bits per heavy atom. The van der Waals surface area contributed by atoms with E-state index in [1.807, 2.05) is 61.5 Å². The summed E-state index contributed by atoms with van der Waals surface area (Å²) in [5.41, 5.74) is 2.40. The minimum Gasteiger partial charge on any atom is -0.497 e. The average molecular weight is 379 g/mol. The van der Waals surface area contributed by atoms with Gasteiger partial charge in [-0.3, -0.25) is 9.59 Å². The molecule has 0 bridgehead atoms. The maximum absolute atomic E-state index is 13.0. The Morgan fingerprint density at radius 2 is 1.82 bits per heavy atom. The number of carbonyl (C=O) groups excluding carboxylic acids is 2. The first-order chi connectivity index (χ1) is 13.5. The van der Waals surface area contributed by atoms with Crippen LogP contribution in [0, 0.1) is 0 Å². The number of rotatable bonds is 6. The molecule has 146 valence electrons. The predicted octanol–water partition coefficient (Wildman–Crippen LogP) is 3.39. The van der Waals surface area contributed by atoms with Gasteiger partial charge in [0.2, 0.25) is 5.91 Å². The van der Waals surface area contributed by atoms with Gasteiger partial charge >= 0.3 is 0 Å². The molecule has 0 radical (unpaired) electrons. The molecule has 3 rings (SSSR count). The van der Waals surface area contributed by atoms with Crippen LogP contribution in [0.15, 0.2) is 59.7 Å². The van der Waals surface area contributed by atoms with Gasteiger partial charge < -0.3 is 9.64 Å². The summed E-state index contributed by atoms with van der Waals surface area (Å²) in [6.45, 7) is 2.34. The van der Waals surface area contributed by atoms with Gasteiger partial charge in [0.05, 0.1) is 19.7 Å². The molecule has 6 heteroatoms. The molecule has 0 aliphatic carbocycles. The molecule has 1 atom stereocenters. The second-order valence-corrected chi connectivity index (χ2v) is 6.85. The molecule has 28 heavy (non-hydrogen) atoms. The van der Waals surface area contributed by atoms with E-state index < -0.39 is 0 Å². The number of hydrogen-bond donors (Lipinski definition) is 0. The number of benzene rings is 2. The lowest BCUT2D eigenvalue weighted by Gasteiger charge is -2.29. The maximum Gasteiger partial charge on any atom is 0.270 e. The largest absolute Gasteiger partial charge is 0.497 e. The van der Waals surface area contributed by atoms with E-state index in [4.69, 9.17) is 4.74 Å². The van der Waals surface area contributed by atoms with Crippen LogP contribution in [0.4, 0.5) is 0 Å². The molecule has 0 spiro atoms. The number of carbonyl (C=O) groups is 2. The summed E-state index contributed by atoms with van der Waals surface area (Å²) < 4.78 is 5.19. The van der Waals surface area contributed by atoms with E-state index in [9.17, 15) is 9.59 Å². The summed E-state index contributed by atoms with van der Waals surface area (Å²) in [7, 11) is 3.38. The van der Waals surface area contributed by atoms with E-state index >= 15 is 0 Å². The smallest absolute Gasteiger partial charge is 0.270 e. The zero-order chi connectivity index (χ0) is 20.1. The standard InChI is InChI=1S/C22H25N3O3/c1-16(18-9-11-19(28-3)12-10-18)24(2)22(27)20-13-14-21(26)25(23-20)15-17-7-5-4-6-8-17/h4-12,16H,13-15H2,1-3H3. The normalized spacial score (nSPS) is 15.0. The fraction of sp³-hybridized carbons (Fsp3) is 0.318. The fourth-order valence-corrected chi connectivity index (χ4v) is 3.12. The lowest BCUT2D eigenvalue weighted by atomic mass is 10.1. The Bertz CT molecular complexity index is 862. The molecule has 0 N–H and O–H groups in total. The van der Waals surface area contributed by atoms with Crippen molar-refractivity contribution in [1.82, 2.24) is 9.91 Å². The third-order valence-corrected chi connectivity index (χ3v) is 5.03.